The molecule has 0 saturated carbocycles. The number of rotatable bonds is 4. The zero-order chi connectivity index (χ0) is 17.8. The Kier molecular flexibility index (Phi) is 4.62. The van der Waals surface area contributed by atoms with Crippen molar-refractivity contribution in [2.45, 2.75) is 13.0 Å². The zero-order valence-corrected chi connectivity index (χ0v) is 13.6. The van der Waals surface area contributed by atoms with Gasteiger partial charge in [-0.25, -0.2) is 4.39 Å². The Morgan fingerprint density at radius 3 is 2.60 bits per heavy atom. The van der Waals surface area contributed by atoms with Crippen LogP contribution in [0.2, 0.25) is 0 Å². The maximum atomic E-state index is 13.5. The minimum atomic E-state index is -0.409. The van der Waals surface area contributed by atoms with E-state index in [4.69, 9.17) is 0 Å². The molecule has 1 heterocycles. The molecule has 5 heteroatoms. The lowest BCUT2D eigenvalue weighted by atomic mass is 10.1. The highest BCUT2D eigenvalue weighted by atomic mass is 19.1. The Bertz CT molecular complexity index is 941. The number of carbonyl (C=O) groups is 1. The van der Waals surface area contributed by atoms with Gasteiger partial charge in [-0.05, 0) is 36.8 Å². The summed E-state index contributed by atoms with van der Waals surface area (Å²) < 4.78 is 15.0. The monoisotopic (exact) mass is 333 g/mol. The average molecular weight is 333 g/mol. The molecule has 0 aliphatic carbocycles. The van der Waals surface area contributed by atoms with Crippen molar-refractivity contribution in [3.8, 4) is 11.8 Å². The first-order valence-electron chi connectivity index (χ1n) is 7.83. The summed E-state index contributed by atoms with van der Waals surface area (Å²) in [4.78, 5) is 12.8. The average Bonchev–Trinajstić information content (AvgIpc) is 3.06. The minimum absolute atomic E-state index is 0.191. The lowest BCUT2D eigenvalue weighted by Crippen LogP contribution is -2.29. The van der Waals surface area contributed by atoms with Crippen molar-refractivity contribution in [3.63, 3.8) is 0 Å². The van der Waals surface area contributed by atoms with Crippen LogP contribution in [-0.4, -0.2) is 10.5 Å². The van der Waals surface area contributed by atoms with Gasteiger partial charge in [0.15, 0.2) is 0 Å². The molecule has 1 aromatic heterocycles. The van der Waals surface area contributed by atoms with Gasteiger partial charge >= 0.3 is 0 Å². The van der Waals surface area contributed by atoms with Gasteiger partial charge in [0.25, 0.3) is 5.91 Å². The molecule has 25 heavy (non-hydrogen) atoms. The van der Waals surface area contributed by atoms with E-state index in [2.05, 4.69) is 5.32 Å². The van der Waals surface area contributed by atoms with Crippen LogP contribution < -0.4 is 5.32 Å². The van der Waals surface area contributed by atoms with Crippen LogP contribution in [0, 0.1) is 17.1 Å². The standard InChI is InChI=1S/C20H16FN3O/c1-14(15-6-3-2-4-7-15)23-20(25)19-16(13-22)10-11-24(19)18-9-5-8-17(21)12-18/h2-12,14H,1H3,(H,23,25)/t14-/m0/s1. The van der Waals surface area contributed by atoms with E-state index in [-0.39, 0.29) is 23.2 Å². The summed E-state index contributed by atoms with van der Waals surface area (Å²) in [7, 11) is 0. The summed E-state index contributed by atoms with van der Waals surface area (Å²) in [6.45, 7) is 1.87. The van der Waals surface area contributed by atoms with Gasteiger partial charge in [-0.15, -0.1) is 0 Å². The Hall–Kier alpha value is -3.39. The van der Waals surface area contributed by atoms with Crippen LogP contribution in [0.1, 0.15) is 34.6 Å². The van der Waals surface area contributed by atoms with Gasteiger partial charge in [0.2, 0.25) is 0 Å². The van der Waals surface area contributed by atoms with Gasteiger partial charge in [-0.3, -0.25) is 4.79 Å². The highest BCUT2D eigenvalue weighted by molar-refractivity contribution is 5.96. The lowest BCUT2D eigenvalue weighted by Gasteiger charge is -2.16. The molecule has 0 radical (unpaired) electrons. The number of nitrogens with zero attached hydrogens (tertiary/aromatic N) is 2. The summed E-state index contributed by atoms with van der Waals surface area (Å²) in [5.41, 5.74) is 1.87. The van der Waals surface area contributed by atoms with Crippen LogP contribution in [0.5, 0.6) is 0 Å². The van der Waals surface area contributed by atoms with Crippen LogP contribution in [-0.2, 0) is 0 Å². The van der Waals surface area contributed by atoms with Crippen LogP contribution in [0.15, 0.2) is 66.9 Å². The zero-order valence-electron chi connectivity index (χ0n) is 13.6. The Morgan fingerprint density at radius 1 is 1.16 bits per heavy atom. The molecule has 2 aromatic carbocycles. The molecular formula is C20H16FN3O. The van der Waals surface area contributed by atoms with Gasteiger partial charge in [0.05, 0.1) is 11.6 Å². The minimum Gasteiger partial charge on any atom is -0.344 e. The summed E-state index contributed by atoms with van der Waals surface area (Å²) in [5.74, 6) is -0.795. The Balaban J connectivity index is 1.95. The second-order valence-electron chi connectivity index (χ2n) is 5.65. The van der Waals surface area contributed by atoms with E-state index >= 15 is 0 Å². The lowest BCUT2D eigenvalue weighted by molar-refractivity contribution is 0.0932. The van der Waals surface area contributed by atoms with Gasteiger partial charge in [-0.2, -0.15) is 5.26 Å². The molecule has 4 nitrogen and oxygen atoms in total. The van der Waals surface area contributed by atoms with E-state index in [1.54, 1.807) is 24.4 Å². The predicted molar refractivity (Wildman–Crippen MR) is 92.8 cm³/mol. The number of halogens is 1. The molecule has 0 bridgehead atoms. The van der Waals surface area contributed by atoms with Crippen molar-refractivity contribution in [1.29, 1.82) is 5.26 Å². The molecule has 0 aliphatic heterocycles. The third-order valence-corrected chi connectivity index (χ3v) is 3.96. The number of aromatic nitrogens is 1. The van der Waals surface area contributed by atoms with Crippen LogP contribution in [0.25, 0.3) is 5.69 Å². The van der Waals surface area contributed by atoms with Crippen LogP contribution >= 0.6 is 0 Å². The van der Waals surface area contributed by atoms with E-state index < -0.39 is 5.82 Å². The maximum absolute atomic E-state index is 13.5. The van der Waals surface area contributed by atoms with Crippen molar-refractivity contribution < 1.29 is 9.18 Å². The molecule has 1 amide bonds. The highest BCUT2D eigenvalue weighted by Gasteiger charge is 2.20. The fourth-order valence-corrected chi connectivity index (χ4v) is 2.69. The highest BCUT2D eigenvalue weighted by Crippen LogP contribution is 2.19. The number of nitrogens with one attached hydrogen (secondary N) is 1. The number of amides is 1. The molecule has 0 fully saturated rings. The molecule has 3 aromatic rings. The maximum Gasteiger partial charge on any atom is 0.270 e. The first kappa shape index (κ1) is 16.5. The first-order chi connectivity index (χ1) is 12.1. The molecule has 0 spiro atoms. The van der Waals surface area contributed by atoms with Crippen molar-refractivity contribution in [2.75, 3.05) is 0 Å². The van der Waals surface area contributed by atoms with Crippen molar-refractivity contribution in [2.24, 2.45) is 0 Å². The Morgan fingerprint density at radius 2 is 1.92 bits per heavy atom. The molecular weight excluding hydrogens is 317 g/mol. The largest absolute Gasteiger partial charge is 0.344 e. The van der Waals surface area contributed by atoms with Crippen LogP contribution in [0.4, 0.5) is 4.39 Å². The van der Waals surface area contributed by atoms with Crippen molar-refractivity contribution in [1.82, 2.24) is 9.88 Å². The number of nitriles is 1. The third kappa shape index (κ3) is 3.43. The van der Waals surface area contributed by atoms with Crippen LogP contribution in [0.3, 0.4) is 0 Å². The van der Waals surface area contributed by atoms with E-state index in [1.165, 1.54) is 16.7 Å². The Labute approximate surface area is 145 Å². The number of carbonyl (C=O) groups excluding carboxylic acids is 1. The molecule has 0 unspecified atom stereocenters. The number of hydrogen-bond donors (Lipinski definition) is 1. The fraction of sp³-hybridized carbons (Fsp3) is 0.100. The molecule has 124 valence electrons. The van der Waals surface area contributed by atoms with Crippen molar-refractivity contribution >= 4 is 5.91 Å². The topological polar surface area (TPSA) is 57.8 Å². The fourth-order valence-electron chi connectivity index (χ4n) is 2.69. The predicted octanol–water partition coefficient (Wildman–Crippen LogP) is 3.98. The second kappa shape index (κ2) is 7.02. The quantitative estimate of drug-likeness (QED) is 0.785. The molecule has 1 N–H and O–H groups in total. The summed E-state index contributed by atoms with van der Waals surface area (Å²) in [6.07, 6.45) is 1.59. The van der Waals surface area contributed by atoms with E-state index in [0.717, 1.165) is 5.56 Å². The number of benzene rings is 2. The van der Waals surface area contributed by atoms with Gasteiger partial charge < -0.3 is 9.88 Å². The molecule has 1 atom stereocenters. The molecule has 0 aliphatic rings. The van der Waals surface area contributed by atoms with E-state index in [0.29, 0.717) is 5.69 Å². The first-order valence-corrected chi connectivity index (χ1v) is 7.83. The van der Waals surface area contributed by atoms with E-state index in [1.807, 2.05) is 43.3 Å². The van der Waals surface area contributed by atoms with Gasteiger partial charge in [-0.1, -0.05) is 36.4 Å². The van der Waals surface area contributed by atoms with Crippen molar-refractivity contribution in [3.05, 3.63) is 89.5 Å². The number of hydrogen-bond acceptors (Lipinski definition) is 2. The van der Waals surface area contributed by atoms with Gasteiger partial charge in [0, 0.05) is 11.9 Å². The molecule has 3 rings (SSSR count). The third-order valence-electron chi connectivity index (χ3n) is 3.96. The normalized spacial score (nSPS) is 11.6. The van der Waals surface area contributed by atoms with Gasteiger partial charge in [0.1, 0.15) is 17.6 Å². The second-order valence-corrected chi connectivity index (χ2v) is 5.65. The smallest absolute Gasteiger partial charge is 0.270 e. The SMILES string of the molecule is C[C@H](NC(=O)c1c(C#N)ccn1-c1cccc(F)c1)c1ccccc1. The summed E-state index contributed by atoms with van der Waals surface area (Å²) in [6, 6.07) is 18.8. The molecule has 0 saturated heterocycles. The summed E-state index contributed by atoms with van der Waals surface area (Å²) in [5, 5.41) is 12.2. The summed E-state index contributed by atoms with van der Waals surface area (Å²) >= 11 is 0. The van der Waals surface area contributed by atoms with E-state index in [9.17, 15) is 14.4 Å².